The van der Waals surface area contributed by atoms with E-state index in [1.165, 1.54) is 22.9 Å². The van der Waals surface area contributed by atoms with Gasteiger partial charge in [0.15, 0.2) is 9.84 Å². The van der Waals surface area contributed by atoms with Gasteiger partial charge >= 0.3 is 0 Å². The molecule has 0 saturated carbocycles. The molecule has 0 N–H and O–H groups in total. The van der Waals surface area contributed by atoms with Crippen LogP contribution >= 0.6 is 0 Å². The van der Waals surface area contributed by atoms with Crippen LogP contribution in [0.4, 0.5) is 5.82 Å². The van der Waals surface area contributed by atoms with Gasteiger partial charge in [0.2, 0.25) is 0 Å². The maximum atomic E-state index is 11.9. The van der Waals surface area contributed by atoms with Crippen molar-refractivity contribution in [1.29, 1.82) is 0 Å². The van der Waals surface area contributed by atoms with Gasteiger partial charge in [-0.1, -0.05) is 6.07 Å². The van der Waals surface area contributed by atoms with Crippen molar-refractivity contribution in [1.82, 2.24) is 9.55 Å². The first kappa shape index (κ1) is 15.2. The van der Waals surface area contributed by atoms with Crippen LogP contribution in [0.5, 0.6) is 0 Å². The Morgan fingerprint density at radius 1 is 1.19 bits per heavy atom. The molecule has 2 rings (SSSR count). The summed E-state index contributed by atoms with van der Waals surface area (Å²) in [6, 6.07) is 8.08. The van der Waals surface area contributed by atoms with Crippen molar-refractivity contribution in [3.05, 3.63) is 52.6 Å². The van der Waals surface area contributed by atoms with Gasteiger partial charge in [-0.15, -0.1) is 0 Å². The fourth-order valence-electron chi connectivity index (χ4n) is 1.83. The van der Waals surface area contributed by atoms with Crippen molar-refractivity contribution in [2.45, 2.75) is 11.4 Å². The molecule has 6 nitrogen and oxygen atoms in total. The standard InChI is InChI=1S/C14H17N3O3S/c1-16(2)13-6-4-5-11(15-13)9-17-10-12(21(3,19)20)7-8-14(17)18/h4-8,10H,9H2,1-3H3. The molecule has 0 amide bonds. The Morgan fingerprint density at radius 2 is 1.90 bits per heavy atom. The minimum Gasteiger partial charge on any atom is -0.363 e. The molecule has 0 aliphatic carbocycles. The zero-order valence-electron chi connectivity index (χ0n) is 12.1. The van der Waals surface area contributed by atoms with Crippen LogP contribution in [0.2, 0.25) is 0 Å². The van der Waals surface area contributed by atoms with Crippen LogP contribution < -0.4 is 10.5 Å². The number of rotatable bonds is 4. The van der Waals surface area contributed by atoms with Gasteiger partial charge in [0, 0.05) is 32.6 Å². The molecule has 0 fully saturated rings. The van der Waals surface area contributed by atoms with E-state index in [0.29, 0.717) is 5.69 Å². The molecule has 21 heavy (non-hydrogen) atoms. The lowest BCUT2D eigenvalue weighted by Gasteiger charge is -2.13. The van der Waals surface area contributed by atoms with Crippen LogP contribution in [-0.2, 0) is 16.4 Å². The van der Waals surface area contributed by atoms with Gasteiger partial charge in [-0.05, 0) is 18.2 Å². The Bertz CT molecular complexity index is 810. The summed E-state index contributed by atoms with van der Waals surface area (Å²) in [5.74, 6) is 0.778. The SMILES string of the molecule is CN(C)c1cccc(Cn2cc(S(C)(=O)=O)ccc2=O)n1. The molecule has 2 aromatic heterocycles. The number of pyridine rings is 2. The summed E-state index contributed by atoms with van der Waals surface area (Å²) in [7, 11) is 0.411. The number of hydrogen-bond acceptors (Lipinski definition) is 5. The minimum atomic E-state index is -3.34. The Balaban J connectivity index is 2.40. The summed E-state index contributed by atoms with van der Waals surface area (Å²) >= 11 is 0. The quantitative estimate of drug-likeness (QED) is 0.834. The second kappa shape index (κ2) is 5.69. The van der Waals surface area contributed by atoms with Crippen LogP contribution in [0.3, 0.4) is 0 Å². The smallest absolute Gasteiger partial charge is 0.250 e. The molecular formula is C14H17N3O3S. The van der Waals surface area contributed by atoms with Crippen molar-refractivity contribution >= 4 is 15.7 Å². The largest absolute Gasteiger partial charge is 0.363 e. The van der Waals surface area contributed by atoms with E-state index in [0.717, 1.165) is 12.1 Å². The van der Waals surface area contributed by atoms with Crippen molar-refractivity contribution in [3.63, 3.8) is 0 Å². The number of sulfone groups is 1. The highest BCUT2D eigenvalue weighted by molar-refractivity contribution is 7.90. The molecule has 0 aromatic carbocycles. The average Bonchev–Trinajstić information content (AvgIpc) is 2.40. The number of nitrogens with zero attached hydrogens (tertiary/aromatic N) is 3. The Labute approximate surface area is 123 Å². The number of aromatic nitrogens is 2. The zero-order valence-corrected chi connectivity index (χ0v) is 13.0. The minimum absolute atomic E-state index is 0.117. The normalized spacial score (nSPS) is 11.4. The van der Waals surface area contributed by atoms with Gasteiger partial charge in [0.1, 0.15) is 5.82 Å². The van der Waals surface area contributed by atoms with Crippen LogP contribution in [0.1, 0.15) is 5.69 Å². The van der Waals surface area contributed by atoms with E-state index >= 15 is 0 Å². The van der Waals surface area contributed by atoms with E-state index in [1.807, 2.05) is 31.1 Å². The number of anilines is 1. The molecular weight excluding hydrogens is 290 g/mol. The fourth-order valence-corrected chi connectivity index (χ4v) is 2.46. The molecule has 0 radical (unpaired) electrons. The summed E-state index contributed by atoms with van der Waals surface area (Å²) in [5.41, 5.74) is 0.424. The Hall–Kier alpha value is -2.15. The van der Waals surface area contributed by atoms with Crippen molar-refractivity contribution in [2.24, 2.45) is 0 Å². The van der Waals surface area contributed by atoms with Crippen LogP contribution in [0.25, 0.3) is 0 Å². The molecule has 7 heteroatoms. The maximum Gasteiger partial charge on any atom is 0.250 e. The zero-order chi connectivity index (χ0) is 15.6. The van der Waals surface area contributed by atoms with Crippen LogP contribution in [-0.4, -0.2) is 38.3 Å². The predicted octanol–water partition coefficient (Wildman–Crippen LogP) is 0.761. The fraction of sp³-hybridized carbons (Fsp3) is 0.286. The lowest BCUT2D eigenvalue weighted by molar-refractivity contribution is 0.599. The Kier molecular flexibility index (Phi) is 4.13. The summed E-state index contributed by atoms with van der Waals surface area (Å²) in [5, 5.41) is 0. The van der Waals surface area contributed by atoms with Gasteiger partial charge in [-0.2, -0.15) is 0 Å². The second-order valence-electron chi connectivity index (χ2n) is 4.98. The average molecular weight is 307 g/mol. The van der Waals surface area contributed by atoms with Crippen molar-refractivity contribution in [2.75, 3.05) is 25.3 Å². The summed E-state index contributed by atoms with van der Waals surface area (Å²) in [4.78, 5) is 18.2. The van der Waals surface area contributed by atoms with E-state index in [-0.39, 0.29) is 17.0 Å². The van der Waals surface area contributed by atoms with E-state index in [1.54, 1.807) is 6.07 Å². The van der Waals surface area contributed by atoms with Gasteiger partial charge in [0.05, 0.1) is 17.1 Å². The van der Waals surface area contributed by atoms with E-state index < -0.39 is 9.84 Å². The lowest BCUT2D eigenvalue weighted by atomic mass is 10.3. The first-order valence-corrected chi connectivity index (χ1v) is 8.20. The molecule has 0 unspecified atom stereocenters. The summed E-state index contributed by atoms with van der Waals surface area (Å²) in [6.45, 7) is 0.226. The third kappa shape index (κ3) is 3.69. The first-order chi connectivity index (χ1) is 9.77. The second-order valence-corrected chi connectivity index (χ2v) is 7.00. The van der Waals surface area contributed by atoms with E-state index in [4.69, 9.17) is 0 Å². The summed E-state index contributed by atoms with van der Waals surface area (Å²) < 4.78 is 24.5. The molecule has 0 bridgehead atoms. The van der Waals surface area contributed by atoms with Crippen LogP contribution in [0.15, 0.2) is 46.2 Å². The monoisotopic (exact) mass is 307 g/mol. The molecule has 0 atom stereocenters. The summed E-state index contributed by atoms with van der Waals surface area (Å²) in [6.07, 6.45) is 2.46. The first-order valence-electron chi connectivity index (χ1n) is 6.31. The molecule has 0 aliphatic rings. The highest BCUT2D eigenvalue weighted by Gasteiger charge is 2.09. The third-order valence-electron chi connectivity index (χ3n) is 2.97. The third-order valence-corrected chi connectivity index (χ3v) is 4.06. The molecule has 2 heterocycles. The molecule has 0 saturated heterocycles. The van der Waals surface area contributed by atoms with Crippen LogP contribution in [0, 0.1) is 0 Å². The lowest BCUT2D eigenvalue weighted by Crippen LogP contribution is -2.21. The highest BCUT2D eigenvalue weighted by Crippen LogP contribution is 2.10. The maximum absolute atomic E-state index is 11.9. The molecule has 0 spiro atoms. The van der Waals surface area contributed by atoms with Crippen molar-refractivity contribution in [3.8, 4) is 0 Å². The Morgan fingerprint density at radius 3 is 2.52 bits per heavy atom. The van der Waals surface area contributed by atoms with Gasteiger partial charge < -0.3 is 9.47 Å². The highest BCUT2D eigenvalue weighted by atomic mass is 32.2. The van der Waals surface area contributed by atoms with Gasteiger partial charge in [-0.3, -0.25) is 4.79 Å². The van der Waals surface area contributed by atoms with Gasteiger partial charge in [0.25, 0.3) is 5.56 Å². The molecule has 112 valence electrons. The molecule has 2 aromatic rings. The van der Waals surface area contributed by atoms with Crippen molar-refractivity contribution < 1.29 is 8.42 Å². The van der Waals surface area contributed by atoms with E-state index in [2.05, 4.69) is 4.98 Å². The van der Waals surface area contributed by atoms with Gasteiger partial charge in [-0.25, -0.2) is 13.4 Å². The number of hydrogen-bond donors (Lipinski definition) is 0. The van der Waals surface area contributed by atoms with E-state index in [9.17, 15) is 13.2 Å². The topological polar surface area (TPSA) is 72.3 Å². The molecule has 0 aliphatic heterocycles. The predicted molar refractivity (Wildman–Crippen MR) is 81.5 cm³/mol.